The Bertz CT molecular complexity index is 388. The normalized spacial score (nSPS) is 17.6. The summed E-state index contributed by atoms with van der Waals surface area (Å²) in [6, 6.07) is 1.84. The van der Waals surface area contributed by atoms with Crippen LogP contribution < -0.4 is 5.32 Å². The third-order valence-corrected chi connectivity index (χ3v) is 3.29. The number of aromatic nitrogens is 1. The molecule has 0 amide bonds. The van der Waals surface area contributed by atoms with Crippen LogP contribution in [0.4, 0.5) is 5.69 Å². The van der Waals surface area contributed by atoms with E-state index >= 15 is 0 Å². The van der Waals surface area contributed by atoms with Crippen LogP contribution in [0.25, 0.3) is 0 Å². The minimum absolute atomic E-state index is 0.293. The topological polar surface area (TPSA) is 62.2 Å². The SMILES string of the molecule is CC(Nc1cnccc1C(=O)O)C1CCC1. The number of aromatic carboxylic acids is 1. The summed E-state index contributed by atoms with van der Waals surface area (Å²) in [6.07, 6.45) is 6.84. The van der Waals surface area contributed by atoms with Gasteiger partial charge in [0.25, 0.3) is 0 Å². The number of carboxylic acid groups (broad SMARTS) is 1. The summed E-state index contributed by atoms with van der Waals surface area (Å²) in [5.41, 5.74) is 0.913. The van der Waals surface area contributed by atoms with Crippen LogP contribution in [0, 0.1) is 5.92 Å². The second-order valence-corrected chi connectivity index (χ2v) is 4.35. The van der Waals surface area contributed by atoms with Gasteiger partial charge in [0, 0.05) is 12.2 Å². The number of nitrogens with one attached hydrogen (secondary N) is 1. The molecule has 1 aromatic rings. The summed E-state index contributed by atoms with van der Waals surface area (Å²) >= 11 is 0. The van der Waals surface area contributed by atoms with E-state index in [9.17, 15) is 4.79 Å². The van der Waals surface area contributed by atoms with Gasteiger partial charge in [-0.1, -0.05) is 6.42 Å². The minimum Gasteiger partial charge on any atom is -0.478 e. The average molecular weight is 220 g/mol. The monoisotopic (exact) mass is 220 g/mol. The highest BCUT2D eigenvalue weighted by molar-refractivity contribution is 5.93. The lowest BCUT2D eigenvalue weighted by molar-refractivity contribution is 0.0697. The minimum atomic E-state index is -0.911. The van der Waals surface area contributed by atoms with Crippen molar-refractivity contribution in [1.29, 1.82) is 0 Å². The van der Waals surface area contributed by atoms with Crippen molar-refractivity contribution in [2.45, 2.75) is 32.2 Å². The molecule has 2 N–H and O–H groups in total. The van der Waals surface area contributed by atoms with E-state index in [4.69, 9.17) is 5.11 Å². The molecule has 2 rings (SSSR count). The molecule has 86 valence electrons. The lowest BCUT2D eigenvalue weighted by atomic mass is 9.80. The first kappa shape index (κ1) is 10.9. The van der Waals surface area contributed by atoms with Gasteiger partial charge in [0.2, 0.25) is 0 Å². The van der Waals surface area contributed by atoms with Crippen LogP contribution >= 0.6 is 0 Å². The van der Waals surface area contributed by atoms with Gasteiger partial charge >= 0.3 is 5.97 Å². The molecule has 0 radical (unpaired) electrons. The van der Waals surface area contributed by atoms with Crippen LogP contribution in [-0.2, 0) is 0 Å². The van der Waals surface area contributed by atoms with E-state index in [0.717, 1.165) is 0 Å². The quantitative estimate of drug-likeness (QED) is 0.817. The molecule has 1 fully saturated rings. The molecular formula is C12H16N2O2. The fourth-order valence-electron chi connectivity index (χ4n) is 2.00. The first-order chi connectivity index (χ1) is 7.68. The number of anilines is 1. The molecule has 1 saturated carbocycles. The fraction of sp³-hybridized carbons (Fsp3) is 0.500. The van der Waals surface area contributed by atoms with E-state index in [1.54, 1.807) is 6.20 Å². The van der Waals surface area contributed by atoms with Crippen molar-refractivity contribution >= 4 is 11.7 Å². The van der Waals surface area contributed by atoms with Gasteiger partial charge in [0.1, 0.15) is 0 Å². The van der Waals surface area contributed by atoms with E-state index in [2.05, 4.69) is 17.2 Å². The Morgan fingerprint density at radius 2 is 2.38 bits per heavy atom. The Labute approximate surface area is 94.7 Å². The van der Waals surface area contributed by atoms with Gasteiger partial charge in [-0.25, -0.2) is 4.79 Å². The standard InChI is InChI=1S/C12H16N2O2/c1-8(9-3-2-4-9)14-11-7-13-6-5-10(11)12(15)16/h5-9,14H,2-4H2,1H3,(H,15,16). The summed E-state index contributed by atoms with van der Waals surface area (Å²) in [6.45, 7) is 2.10. The van der Waals surface area contributed by atoms with Gasteiger partial charge in [-0.05, 0) is 31.7 Å². The number of carbonyl (C=O) groups is 1. The first-order valence-electron chi connectivity index (χ1n) is 5.62. The first-order valence-corrected chi connectivity index (χ1v) is 5.62. The zero-order valence-corrected chi connectivity index (χ0v) is 9.31. The Balaban J connectivity index is 2.10. The Hall–Kier alpha value is -1.58. The van der Waals surface area contributed by atoms with E-state index < -0.39 is 5.97 Å². The van der Waals surface area contributed by atoms with Gasteiger partial charge in [-0.3, -0.25) is 4.98 Å². The Morgan fingerprint density at radius 1 is 1.62 bits per heavy atom. The van der Waals surface area contributed by atoms with Crippen LogP contribution in [-0.4, -0.2) is 22.1 Å². The van der Waals surface area contributed by atoms with Gasteiger partial charge < -0.3 is 10.4 Å². The van der Waals surface area contributed by atoms with Crippen molar-refractivity contribution < 1.29 is 9.90 Å². The van der Waals surface area contributed by atoms with E-state index in [1.807, 2.05) is 0 Å². The Kier molecular flexibility index (Phi) is 3.08. The number of hydrogen-bond acceptors (Lipinski definition) is 3. The van der Waals surface area contributed by atoms with Gasteiger partial charge in [-0.15, -0.1) is 0 Å². The molecule has 0 aliphatic heterocycles. The zero-order chi connectivity index (χ0) is 11.5. The number of nitrogens with zero attached hydrogens (tertiary/aromatic N) is 1. The summed E-state index contributed by atoms with van der Waals surface area (Å²) in [5, 5.41) is 12.3. The van der Waals surface area contributed by atoms with Crippen LogP contribution in [0.3, 0.4) is 0 Å². The van der Waals surface area contributed by atoms with Gasteiger partial charge in [-0.2, -0.15) is 0 Å². The summed E-state index contributed by atoms with van der Waals surface area (Å²) in [7, 11) is 0. The van der Waals surface area contributed by atoms with Crippen molar-refractivity contribution in [1.82, 2.24) is 4.98 Å². The smallest absolute Gasteiger partial charge is 0.337 e. The Morgan fingerprint density at radius 3 is 2.94 bits per heavy atom. The molecule has 0 spiro atoms. The molecule has 4 heteroatoms. The maximum absolute atomic E-state index is 11.0. The van der Waals surface area contributed by atoms with Crippen LogP contribution in [0.1, 0.15) is 36.5 Å². The molecule has 0 bridgehead atoms. The van der Waals surface area contributed by atoms with E-state index in [1.165, 1.54) is 31.5 Å². The van der Waals surface area contributed by atoms with Crippen LogP contribution in [0.2, 0.25) is 0 Å². The van der Waals surface area contributed by atoms with Crippen molar-refractivity contribution in [3.05, 3.63) is 24.0 Å². The molecule has 1 unspecified atom stereocenters. The molecule has 16 heavy (non-hydrogen) atoms. The number of hydrogen-bond donors (Lipinski definition) is 2. The van der Waals surface area contributed by atoms with Crippen LogP contribution in [0.15, 0.2) is 18.5 Å². The number of carboxylic acids is 1. The summed E-state index contributed by atoms with van der Waals surface area (Å²) in [4.78, 5) is 14.9. The van der Waals surface area contributed by atoms with Crippen molar-refractivity contribution in [3.8, 4) is 0 Å². The molecule has 1 heterocycles. The predicted molar refractivity (Wildman–Crippen MR) is 61.6 cm³/mol. The highest BCUT2D eigenvalue weighted by Gasteiger charge is 2.24. The van der Waals surface area contributed by atoms with Crippen molar-refractivity contribution in [2.75, 3.05) is 5.32 Å². The fourth-order valence-corrected chi connectivity index (χ4v) is 2.00. The van der Waals surface area contributed by atoms with Crippen molar-refractivity contribution in [2.24, 2.45) is 5.92 Å². The molecule has 1 aliphatic carbocycles. The summed E-state index contributed by atoms with van der Waals surface area (Å²) in [5.74, 6) is -0.243. The zero-order valence-electron chi connectivity index (χ0n) is 9.31. The second-order valence-electron chi connectivity index (χ2n) is 4.35. The highest BCUT2D eigenvalue weighted by Crippen LogP contribution is 2.31. The van der Waals surface area contributed by atoms with Gasteiger partial charge in [0.15, 0.2) is 0 Å². The lowest BCUT2D eigenvalue weighted by Crippen LogP contribution is -2.31. The average Bonchev–Trinajstić information content (AvgIpc) is 2.15. The molecule has 1 atom stereocenters. The third kappa shape index (κ3) is 2.15. The lowest BCUT2D eigenvalue weighted by Gasteiger charge is -2.32. The molecule has 1 aliphatic rings. The maximum Gasteiger partial charge on any atom is 0.337 e. The molecule has 1 aromatic heterocycles. The van der Waals surface area contributed by atoms with E-state index in [0.29, 0.717) is 23.2 Å². The van der Waals surface area contributed by atoms with Crippen LogP contribution in [0.5, 0.6) is 0 Å². The number of pyridine rings is 1. The largest absolute Gasteiger partial charge is 0.478 e. The second kappa shape index (κ2) is 4.51. The molecule has 4 nitrogen and oxygen atoms in total. The van der Waals surface area contributed by atoms with Crippen molar-refractivity contribution in [3.63, 3.8) is 0 Å². The highest BCUT2D eigenvalue weighted by atomic mass is 16.4. The van der Waals surface area contributed by atoms with Gasteiger partial charge in [0.05, 0.1) is 17.4 Å². The third-order valence-electron chi connectivity index (χ3n) is 3.29. The predicted octanol–water partition coefficient (Wildman–Crippen LogP) is 2.38. The maximum atomic E-state index is 11.0. The summed E-state index contributed by atoms with van der Waals surface area (Å²) < 4.78 is 0. The molecular weight excluding hydrogens is 204 g/mol. The molecule has 0 saturated heterocycles. The molecule has 0 aromatic carbocycles. The van der Waals surface area contributed by atoms with E-state index in [-0.39, 0.29) is 0 Å². The number of rotatable bonds is 4.